The number of carbonyl (C=O) groups is 2. The van der Waals surface area contributed by atoms with Crippen LogP contribution in [0.15, 0.2) is 23.4 Å². The third-order valence-electron chi connectivity index (χ3n) is 3.48. The van der Waals surface area contributed by atoms with E-state index >= 15 is 0 Å². The fourth-order valence-corrected chi connectivity index (χ4v) is 2.34. The van der Waals surface area contributed by atoms with Crippen LogP contribution in [0.4, 0.5) is 27.6 Å². The Labute approximate surface area is 143 Å². The predicted octanol–water partition coefficient (Wildman–Crippen LogP) is 2.38. The van der Waals surface area contributed by atoms with Gasteiger partial charge in [0.05, 0.1) is 32.1 Å². The first-order chi connectivity index (χ1) is 12.1. The lowest BCUT2D eigenvalue weighted by Crippen LogP contribution is -2.39. The molecule has 0 unspecified atom stereocenters. The lowest BCUT2D eigenvalue weighted by Gasteiger charge is -2.32. The van der Waals surface area contributed by atoms with Gasteiger partial charge in [-0.3, -0.25) is 0 Å². The Morgan fingerprint density at radius 3 is 2.27 bits per heavy atom. The highest BCUT2D eigenvalue weighted by atomic mass is 19.4. The number of esters is 2. The van der Waals surface area contributed by atoms with Crippen LogP contribution in [-0.2, 0) is 30.0 Å². The van der Waals surface area contributed by atoms with Crippen LogP contribution in [0.2, 0.25) is 0 Å². The summed E-state index contributed by atoms with van der Waals surface area (Å²) in [4.78, 5) is 24.5. The summed E-state index contributed by atoms with van der Waals surface area (Å²) < 4.78 is 80.7. The van der Waals surface area contributed by atoms with Crippen LogP contribution in [0, 0.1) is 11.6 Å². The highest BCUT2D eigenvalue weighted by Gasteiger charge is 2.41. The summed E-state index contributed by atoms with van der Waals surface area (Å²) in [7, 11) is 1.96. The summed E-state index contributed by atoms with van der Waals surface area (Å²) in [6.07, 6.45) is -5.32. The highest BCUT2D eigenvalue weighted by molar-refractivity contribution is 6.03. The van der Waals surface area contributed by atoms with Crippen LogP contribution in [0.5, 0.6) is 0 Å². The third kappa shape index (κ3) is 3.47. The Morgan fingerprint density at radius 1 is 1.12 bits per heavy atom. The molecule has 0 atom stereocenters. The van der Waals surface area contributed by atoms with Crippen molar-refractivity contribution in [2.45, 2.75) is 6.18 Å². The average molecular weight is 381 g/mol. The Morgan fingerprint density at radius 2 is 1.73 bits per heavy atom. The monoisotopic (exact) mass is 381 g/mol. The average Bonchev–Trinajstić information content (AvgIpc) is 2.58. The van der Waals surface area contributed by atoms with Gasteiger partial charge < -0.3 is 19.1 Å². The lowest BCUT2D eigenvalue weighted by molar-refractivity contribution is -0.142. The zero-order valence-electron chi connectivity index (χ0n) is 13.4. The second-order valence-electron chi connectivity index (χ2n) is 4.97. The van der Waals surface area contributed by atoms with Crippen molar-refractivity contribution in [3.05, 3.63) is 40.6 Å². The summed E-state index contributed by atoms with van der Waals surface area (Å²) >= 11 is 0. The Kier molecular flexibility index (Phi) is 5.50. The van der Waals surface area contributed by atoms with E-state index in [0.717, 1.165) is 14.2 Å². The molecular weight excluding hydrogens is 369 g/mol. The van der Waals surface area contributed by atoms with Crippen molar-refractivity contribution < 1.29 is 45.8 Å². The number of hydrogen-bond acceptors (Lipinski definition) is 6. The number of anilines is 1. The van der Waals surface area contributed by atoms with Gasteiger partial charge in [0, 0.05) is 0 Å². The molecule has 0 aliphatic carbocycles. The maximum atomic E-state index is 14.4. The molecule has 0 aromatic heterocycles. The van der Waals surface area contributed by atoms with Crippen molar-refractivity contribution in [1.29, 1.82) is 0 Å². The first-order valence-electron chi connectivity index (χ1n) is 6.93. The largest absolute Gasteiger partial charge is 0.466 e. The number of ether oxygens (including phenoxy) is 3. The van der Waals surface area contributed by atoms with Crippen molar-refractivity contribution in [2.75, 3.05) is 32.5 Å². The molecule has 11 heteroatoms. The summed E-state index contributed by atoms with van der Waals surface area (Å²) in [5.41, 5.74) is -3.91. The van der Waals surface area contributed by atoms with E-state index in [4.69, 9.17) is 4.74 Å². The van der Waals surface area contributed by atoms with Gasteiger partial charge in [0.2, 0.25) is 0 Å². The van der Waals surface area contributed by atoms with Crippen LogP contribution in [0.25, 0.3) is 0 Å². The smallest absolute Gasteiger partial charge is 0.422 e. The van der Waals surface area contributed by atoms with Gasteiger partial charge in [-0.2, -0.15) is 13.2 Å². The minimum atomic E-state index is -5.32. The molecule has 0 bridgehead atoms. The van der Waals surface area contributed by atoms with Crippen molar-refractivity contribution in [3.8, 4) is 0 Å². The summed E-state index contributed by atoms with van der Waals surface area (Å²) in [5.74, 6) is -5.94. The molecule has 0 amide bonds. The fourth-order valence-electron chi connectivity index (χ4n) is 2.34. The molecule has 1 aromatic carbocycles. The molecule has 0 fully saturated rings. The topological polar surface area (TPSA) is 65.1 Å². The lowest BCUT2D eigenvalue weighted by atomic mass is 10.1. The number of alkyl halides is 3. The van der Waals surface area contributed by atoms with Gasteiger partial charge in [-0.05, 0) is 12.1 Å². The van der Waals surface area contributed by atoms with Crippen molar-refractivity contribution in [1.82, 2.24) is 0 Å². The minimum absolute atomic E-state index is 0.386. The molecular formula is C15H12F5NO5. The molecule has 1 aliphatic heterocycles. The SMILES string of the molecule is COC(=O)C1=C(C(=O)OC)N(c2ccc(F)c(C(F)(F)F)c2F)COC1. The van der Waals surface area contributed by atoms with E-state index in [1.165, 1.54) is 0 Å². The minimum Gasteiger partial charge on any atom is -0.466 e. The summed E-state index contributed by atoms with van der Waals surface area (Å²) in [6.45, 7) is -0.993. The molecule has 1 aliphatic rings. The number of hydrogen-bond donors (Lipinski definition) is 0. The maximum absolute atomic E-state index is 14.4. The molecule has 0 radical (unpaired) electrons. The highest BCUT2D eigenvalue weighted by Crippen LogP contribution is 2.38. The standard InChI is InChI=1S/C15H12F5NO5/c1-24-13(22)7-5-26-6-21(12(7)14(23)25-2)9-4-3-8(16)10(11(9)17)15(18,19)20/h3-4H,5-6H2,1-2H3. The fraction of sp³-hybridized carbons (Fsp3) is 0.333. The Hall–Kier alpha value is -2.69. The van der Waals surface area contributed by atoms with E-state index in [9.17, 15) is 31.5 Å². The Bertz CT molecular complexity index is 774. The zero-order valence-corrected chi connectivity index (χ0v) is 13.4. The molecule has 1 aromatic rings. The molecule has 0 saturated carbocycles. The molecule has 2 rings (SSSR count). The molecule has 0 N–H and O–H groups in total. The van der Waals surface area contributed by atoms with Crippen LogP contribution in [0.1, 0.15) is 5.56 Å². The van der Waals surface area contributed by atoms with Crippen molar-refractivity contribution in [3.63, 3.8) is 0 Å². The van der Waals surface area contributed by atoms with Gasteiger partial charge in [-0.25, -0.2) is 18.4 Å². The first kappa shape index (κ1) is 19.6. The molecule has 6 nitrogen and oxygen atoms in total. The predicted molar refractivity (Wildman–Crippen MR) is 75.7 cm³/mol. The van der Waals surface area contributed by atoms with Crippen molar-refractivity contribution >= 4 is 17.6 Å². The van der Waals surface area contributed by atoms with E-state index in [1.54, 1.807) is 0 Å². The molecule has 0 saturated heterocycles. The maximum Gasteiger partial charge on any atom is 0.422 e. The number of carbonyl (C=O) groups excluding carboxylic acids is 2. The quantitative estimate of drug-likeness (QED) is 0.592. The van der Waals surface area contributed by atoms with Gasteiger partial charge in [-0.1, -0.05) is 0 Å². The van der Waals surface area contributed by atoms with Gasteiger partial charge in [0.1, 0.15) is 23.8 Å². The van der Waals surface area contributed by atoms with E-state index < -0.39 is 60.0 Å². The van der Waals surface area contributed by atoms with Crippen LogP contribution in [0.3, 0.4) is 0 Å². The second-order valence-corrected chi connectivity index (χ2v) is 4.97. The molecule has 1 heterocycles. The summed E-state index contributed by atoms with van der Waals surface area (Å²) in [5, 5.41) is 0. The molecule has 0 spiro atoms. The number of rotatable bonds is 3. The molecule has 26 heavy (non-hydrogen) atoms. The van der Waals surface area contributed by atoms with E-state index in [1.807, 2.05) is 0 Å². The van der Waals surface area contributed by atoms with Crippen LogP contribution in [-0.4, -0.2) is 39.5 Å². The van der Waals surface area contributed by atoms with Crippen molar-refractivity contribution in [2.24, 2.45) is 0 Å². The van der Waals surface area contributed by atoms with E-state index in [0.29, 0.717) is 17.0 Å². The van der Waals surface area contributed by atoms with Gasteiger partial charge in [0.15, 0.2) is 5.82 Å². The second kappa shape index (κ2) is 7.28. The normalized spacial score (nSPS) is 15.1. The van der Waals surface area contributed by atoms with Gasteiger partial charge in [-0.15, -0.1) is 0 Å². The number of nitrogens with zero attached hydrogens (tertiary/aromatic N) is 1. The van der Waals surface area contributed by atoms with E-state index in [-0.39, 0.29) is 5.57 Å². The third-order valence-corrected chi connectivity index (χ3v) is 3.48. The zero-order chi connectivity index (χ0) is 19.6. The van der Waals surface area contributed by atoms with E-state index in [2.05, 4.69) is 9.47 Å². The van der Waals surface area contributed by atoms with Gasteiger partial charge in [0.25, 0.3) is 0 Å². The van der Waals surface area contributed by atoms with Crippen LogP contribution >= 0.6 is 0 Å². The number of methoxy groups -OCH3 is 2. The molecule has 142 valence electrons. The number of benzene rings is 1. The first-order valence-corrected chi connectivity index (χ1v) is 6.93. The van der Waals surface area contributed by atoms with Gasteiger partial charge >= 0.3 is 18.1 Å². The Balaban J connectivity index is 2.70. The summed E-state index contributed by atoms with van der Waals surface area (Å²) in [6, 6.07) is 1.08. The number of halogens is 5. The van der Waals surface area contributed by atoms with Crippen LogP contribution < -0.4 is 4.90 Å².